The third kappa shape index (κ3) is 5.56. The fourth-order valence-electron chi connectivity index (χ4n) is 3.90. The zero-order chi connectivity index (χ0) is 25.8. The Morgan fingerprint density at radius 3 is 2.46 bits per heavy atom. The summed E-state index contributed by atoms with van der Waals surface area (Å²) in [5.74, 6) is 0.363. The zero-order valence-corrected chi connectivity index (χ0v) is 21.9. The lowest BCUT2D eigenvalue weighted by atomic mass is 10.1. The van der Waals surface area contributed by atoms with Gasteiger partial charge in [0.2, 0.25) is 0 Å². The number of nitrogens with one attached hydrogen (secondary N) is 1. The number of rotatable bonds is 11. The second-order valence-electron chi connectivity index (χ2n) is 8.72. The molecule has 0 aliphatic rings. The van der Waals surface area contributed by atoms with Crippen molar-refractivity contribution < 1.29 is 12.8 Å². The standard InChI is InChI=1S/C25H31ClFN5O2S/c1-5-6-14-31(35(33,34)19-10-8-7-9-11-19)23-16-22(27)21(26)15-20(23)25-30-29-24(17(2)3)32(25)18(4)12-13-28/h7-11,13,15-18,28H,5-6,12,14H2,1-4H3. The third-order valence-corrected chi connectivity index (χ3v) is 7.85. The van der Waals surface area contributed by atoms with Crippen molar-refractivity contribution >= 4 is 33.5 Å². The largest absolute Gasteiger partial charge is 0.313 e. The van der Waals surface area contributed by atoms with Crippen molar-refractivity contribution in [3.05, 3.63) is 59.1 Å². The monoisotopic (exact) mass is 519 g/mol. The maximum absolute atomic E-state index is 14.8. The SMILES string of the molecule is CCCCN(c1cc(F)c(Cl)cc1-c1nnc(C(C)C)n1C(C)CC=N)S(=O)(=O)c1ccccc1. The Labute approximate surface area is 211 Å². The van der Waals surface area contributed by atoms with E-state index in [0.717, 1.165) is 12.5 Å². The van der Waals surface area contributed by atoms with Gasteiger partial charge in [0.1, 0.15) is 11.6 Å². The quantitative estimate of drug-likeness (QED) is 0.294. The van der Waals surface area contributed by atoms with Crippen molar-refractivity contribution in [1.82, 2.24) is 14.8 Å². The van der Waals surface area contributed by atoms with Gasteiger partial charge in [0, 0.05) is 36.6 Å². The Morgan fingerprint density at radius 2 is 1.86 bits per heavy atom. The highest BCUT2D eigenvalue weighted by molar-refractivity contribution is 7.92. The van der Waals surface area contributed by atoms with Gasteiger partial charge in [-0.15, -0.1) is 10.2 Å². The summed E-state index contributed by atoms with van der Waals surface area (Å²) in [7, 11) is -4.01. The van der Waals surface area contributed by atoms with Crippen molar-refractivity contribution in [3.63, 3.8) is 0 Å². The van der Waals surface area contributed by atoms with E-state index in [0.29, 0.717) is 30.1 Å². The van der Waals surface area contributed by atoms with Crippen LogP contribution >= 0.6 is 11.6 Å². The first-order chi connectivity index (χ1) is 16.6. The molecule has 1 aromatic heterocycles. The van der Waals surface area contributed by atoms with E-state index in [9.17, 15) is 12.8 Å². The molecular weight excluding hydrogens is 489 g/mol. The molecule has 188 valence electrons. The number of benzene rings is 2. The summed E-state index contributed by atoms with van der Waals surface area (Å²) in [5.41, 5.74) is 0.512. The molecule has 2 aromatic carbocycles. The molecule has 0 amide bonds. The molecule has 0 radical (unpaired) electrons. The smallest absolute Gasteiger partial charge is 0.264 e. The average molecular weight is 520 g/mol. The summed E-state index contributed by atoms with van der Waals surface area (Å²) < 4.78 is 45.5. The molecule has 0 aliphatic heterocycles. The molecule has 1 heterocycles. The Bertz CT molecular complexity index is 1280. The van der Waals surface area contributed by atoms with Gasteiger partial charge in [-0.1, -0.05) is 57.0 Å². The summed E-state index contributed by atoms with van der Waals surface area (Å²) >= 11 is 6.20. The molecule has 0 saturated heterocycles. The second-order valence-corrected chi connectivity index (χ2v) is 11.0. The van der Waals surface area contributed by atoms with Crippen LogP contribution in [0.5, 0.6) is 0 Å². The van der Waals surface area contributed by atoms with Gasteiger partial charge in [-0.2, -0.15) is 0 Å². The van der Waals surface area contributed by atoms with Crippen molar-refractivity contribution in [3.8, 4) is 11.4 Å². The molecule has 1 atom stereocenters. The topological polar surface area (TPSA) is 91.9 Å². The van der Waals surface area contributed by atoms with Crippen LogP contribution in [0, 0.1) is 11.2 Å². The van der Waals surface area contributed by atoms with Crippen LogP contribution in [0.15, 0.2) is 47.4 Å². The highest BCUT2D eigenvalue weighted by Gasteiger charge is 2.30. The van der Waals surface area contributed by atoms with E-state index >= 15 is 0 Å². The van der Waals surface area contributed by atoms with E-state index in [1.54, 1.807) is 18.2 Å². The van der Waals surface area contributed by atoms with Gasteiger partial charge >= 0.3 is 0 Å². The lowest BCUT2D eigenvalue weighted by Gasteiger charge is -2.27. The Balaban J connectivity index is 2.32. The molecule has 0 saturated carbocycles. The summed E-state index contributed by atoms with van der Waals surface area (Å²) in [6, 6.07) is 10.5. The van der Waals surface area contributed by atoms with Gasteiger partial charge in [-0.3, -0.25) is 4.31 Å². The maximum atomic E-state index is 14.8. The van der Waals surface area contributed by atoms with E-state index in [4.69, 9.17) is 17.0 Å². The number of sulfonamides is 1. The molecule has 35 heavy (non-hydrogen) atoms. The summed E-state index contributed by atoms with van der Waals surface area (Å²) in [6.45, 7) is 8.01. The lowest BCUT2D eigenvalue weighted by molar-refractivity contribution is 0.532. The van der Waals surface area contributed by atoms with Gasteiger partial charge in [0.15, 0.2) is 5.82 Å². The van der Waals surface area contributed by atoms with Crippen LogP contribution in [0.3, 0.4) is 0 Å². The van der Waals surface area contributed by atoms with Crippen LogP contribution in [0.2, 0.25) is 5.02 Å². The first-order valence-corrected chi connectivity index (χ1v) is 13.5. The molecule has 1 N–H and O–H groups in total. The lowest BCUT2D eigenvalue weighted by Crippen LogP contribution is -2.32. The fraction of sp³-hybridized carbons (Fsp3) is 0.400. The minimum atomic E-state index is -4.01. The number of halogens is 2. The van der Waals surface area contributed by atoms with Crippen molar-refractivity contribution in [2.24, 2.45) is 0 Å². The number of nitrogens with zero attached hydrogens (tertiary/aromatic N) is 4. The molecule has 3 rings (SSSR count). The number of hydrogen-bond donors (Lipinski definition) is 1. The molecule has 7 nitrogen and oxygen atoms in total. The molecule has 0 fully saturated rings. The van der Waals surface area contributed by atoms with Gasteiger partial charge < -0.3 is 9.98 Å². The molecule has 1 unspecified atom stereocenters. The molecule has 0 spiro atoms. The van der Waals surface area contributed by atoms with Crippen molar-refractivity contribution in [2.45, 2.75) is 63.8 Å². The molecule has 0 aliphatic carbocycles. The Morgan fingerprint density at radius 1 is 1.17 bits per heavy atom. The predicted molar refractivity (Wildman–Crippen MR) is 139 cm³/mol. The van der Waals surface area contributed by atoms with Gasteiger partial charge in [-0.25, -0.2) is 12.8 Å². The number of unbranched alkanes of at least 4 members (excludes halogenated alkanes) is 1. The van der Waals surface area contributed by atoms with E-state index < -0.39 is 15.8 Å². The highest BCUT2D eigenvalue weighted by atomic mass is 35.5. The Hall–Kier alpha value is -2.78. The van der Waals surface area contributed by atoms with Crippen LogP contribution in [0.25, 0.3) is 11.4 Å². The van der Waals surface area contributed by atoms with E-state index in [1.807, 2.05) is 32.3 Å². The first kappa shape index (κ1) is 26.8. The maximum Gasteiger partial charge on any atom is 0.264 e. The summed E-state index contributed by atoms with van der Waals surface area (Å²) in [6.07, 6.45) is 3.06. The minimum absolute atomic E-state index is 0.0213. The van der Waals surface area contributed by atoms with Crippen LogP contribution in [-0.4, -0.2) is 35.9 Å². The molecule has 3 aromatic rings. The number of aromatic nitrogens is 3. The predicted octanol–water partition coefficient (Wildman–Crippen LogP) is 6.46. The number of hydrogen-bond acceptors (Lipinski definition) is 5. The normalized spacial score (nSPS) is 12.7. The first-order valence-electron chi connectivity index (χ1n) is 11.6. The fourth-order valence-corrected chi connectivity index (χ4v) is 5.60. The van der Waals surface area contributed by atoms with Crippen LogP contribution < -0.4 is 4.31 Å². The van der Waals surface area contributed by atoms with Gasteiger partial charge in [0.25, 0.3) is 10.0 Å². The Kier molecular flexibility index (Phi) is 8.66. The van der Waals surface area contributed by atoms with Crippen LogP contribution in [0.4, 0.5) is 10.1 Å². The van der Waals surface area contributed by atoms with Gasteiger partial charge in [-0.05, 0) is 37.8 Å². The average Bonchev–Trinajstić information content (AvgIpc) is 3.27. The summed E-state index contributed by atoms with van der Waals surface area (Å²) in [4.78, 5) is 0.110. The van der Waals surface area contributed by atoms with E-state index in [2.05, 4.69) is 10.2 Å². The van der Waals surface area contributed by atoms with E-state index in [-0.39, 0.29) is 34.1 Å². The van der Waals surface area contributed by atoms with Gasteiger partial charge in [0.05, 0.1) is 15.6 Å². The minimum Gasteiger partial charge on any atom is -0.313 e. The van der Waals surface area contributed by atoms with E-state index in [1.165, 1.54) is 28.7 Å². The molecule has 10 heteroatoms. The van der Waals surface area contributed by atoms with Crippen LogP contribution in [-0.2, 0) is 10.0 Å². The number of anilines is 1. The second kappa shape index (κ2) is 11.3. The molecule has 0 bridgehead atoms. The zero-order valence-electron chi connectivity index (χ0n) is 20.4. The van der Waals surface area contributed by atoms with Crippen molar-refractivity contribution in [1.29, 1.82) is 5.41 Å². The third-order valence-electron chi connectivity index (χ3n) is 5.73. The molecular formula is C25H31ClFN5O2S. The van der Waals surface area contributed by atoms with Crippen molar-refractivity contribution in [2.75, 3.05) is 10.8 Å². The van der Waals surface area contributed by atoms with Crippen LogP contribution in [0.1, 0.15) is 64.7 Å². The summed E-state index contributed by atoms with van der Waals surface area (Å²) in [5, 5.41) is 16.2. The highest BCUT2D eigenvalue weighted by Crippen LogP contribution is 2.39.